The quantitative estimate of drug-likeness (QED) is 0.589. The van der Waals surface area contributed by atoms with Crippen molar-refractivity contribution in [2.24, 2.45) is 13.0 Å². The number of pyridine rings is 1. The predicted molar refractivity (Wildman–Crippen MR) is 141 cm³/mol. The van der Waals surface area contributed by atoms with E-state index in [1.54, 1.807) is 17.7 Å². The van der Waals surface area contributed by atoms with Crippen molar-refractivity contribution in [1.82, 2.24) is 14.8 Å². The fraction of sp³-hybridized carbons (Fsp3) is 0.556. The molecule has 1 aromatic carbocycles. The van der Waals surface area contributed by atoms with Gasteiger partial charge in [-0.15, -0.1) is 0 Å². The van der Waals surface area contributed by atoms with Crippen LogP contribution in [0.15, 0.2) is 23.0 Å². The summed E-state index contributed by atoms with van der Waals surface area (Å²) in [5.74, 6) is 0.358. The van der Waals surface area contributed by atoms with Gasteiger partial charge in [0.05, 0.1) is 0 Å². The summed E-state index contributed by atoms with van der Waals surface area (Å²) in [7, 11) is 6.06. The van der Waals surface area contributed by atoms with E-state index in [4.69, 9.17) is 11.6 Å². The van der Waals surface area contributed by atoms with Crippen LogP contribution in [-0.2, 0) is 13.6 Å². The van der Waals surface area contributed by atoms with Crippen LogP contribution in [0.5, 0.6) is 0 Å². The number of aryl methyl sites for hydroxylation is 2. The van der Waals surface area contributed by atoms with Gasteiger partial charge in [0.15, 0.2) is 0 Å². The molecule has 7 heteroatoms. The average molecular weight is 487 g/mol. The molecule has 1 aromatic heterocycles. The van der Waals surface area contributed by atoms with E-state index < -0.39 is 0 Å². The van der Waals surface area contributed by atoms with Crippen LogP contribution in [0.3, 0.4) is 0 Å². The molecule has 2 N–H and O–H groups in total. The smallest absolute Gasteiger partial charge is 0.255 e. The van der Waals surface area contributed by atoms with E-state index >= 15 is 0 Å². The fourth-order valence-electron chi connectivity index (χ4n) is 5.05. The lowest BCUT2D eigenvalue weighted by molar-refractivity contribution is 0.0950. The number of carbonyl (C=O) groups excluding carboxylic acids is 1. The summed E-state index contributed by atoms with van der Waals surface area (Å²) < 4.78 is 1.61. The summed E-state index contributed by atoms with van der Waals surface area (Å²) in [6, 6.07) is 6.51. The molecule has 6 nitrogen and oxygen atoms in total. The number of amides is 1. The molecule has 2 aromatic rings. The Morgan fingerprint density at radius 1 is 1.15 bits per heavy atom. The monoisotopic (exact) mass is 486 g/mol. The SMILES string of the molecule is Cc1cc(C)n(C)c(=O)c1CNC(=O)c1cc(Cl)cc(NC(C)C2CCC(N(C)C)CC2)c1C. The highest BCUT2D eigenvalue weighted by Crippen LogP contribution is 2.32. The summed E-state index contributed by atoms with van der Waals surface area (Å²) in [6.07, 6.45) is 4.80. The number of aromatic nitrogens is 1. The molecule has 1 amide bonds. The van der Waals surface area contributed by atoms with E-state index in [-0.39, 0.29) is 24.1 Å². The standard InChI is InChI=1S/C27H39ClN4O2/c1-16-12-17(2)32(7)27(34)24(16)15-29-26(33)23-13-21(28)14-25(18(23)3)30-19(4)20-8-10-22(11-9-20)31(5)6/h12-14,19-20,22,30H,8-11,15H2,1-7H3,(H,29,33). The van der Waals surface area contributed by atoms with Crippen LogP contribution in [0.1, 0.15) is 65.3 Å². The minimum absolute atomic E-state index is 0.0826. The van der Waals surface area contributed by atoms with Crippen LogP contribution in [0.25, 0.3) is 0 Å². The minimum Gasteiger partial charge on any atom is -0.382 e. The summed E-state index contributed by atoms with van der Waals surface area (Å²) in [5.41, 5.74) is 4.57. The van der Waals surface area contributed by atoms with Crippen LogP contribution in [0.2, 0.25) is 5.02 Å². The summed E-state index contributed by atoms with van der Waals surface area (Å²) in [4.78, 5) is 28.1. The molecule has 0 aliphatic heterocycles. The molecule has 1 unspecified atom stereocenters. The van der Waals surface area contributed by atoms with Crippen LogP contribution in [-0.4, -0.2) is 41.6 Å². The van der Waals surface area contributed by atoms with E-state index in [0.717, 1.165) is 22.5 Å². The van der Waals surface area contributed by atoms with Gasteiger partial charge >= 0.3 is 0 Å². The minimum atomic E-state index is -0.232. The molecule has 0 radical (unpaired) electrons. The maximum atomic E-state index is 13.1. The Labute approximate surface area is 208 Å². The third-order valence-corrected chi connectivity index (χ3v) is 7.82. The van der Waals surface area contributed by atoms with Gasteiger partial charge in [-0.05, 0) is 103 Å². The second kappa shape index (κ2) is 11.0. The molecule has 34 heavy (non-hydrogen) atoms. The first kappa shape index (κ1) is 26.3. The molecule has 186 valence electrons. The van der Waals surface area contributed by atoms with Gasteiger partial charge in [-0.3, -0.25) is 9.59 Å². The number of nitrogens with one attached hydrogen (secondary N) is 2. The third-order valence-electron chi connectivity index (χ3n) is 7.60. The lowest BCUT2D eigenvalue weighted by atomic mass is 9.81. The molecule has 1 aliphatic carbocycles. The van der Waals surface area contributed by atoms with Crippen molar-refractivity contribution < 1.29 is 4.79 Å². The maximum absolute atomic E-state index is 13.1. The van der Waals surface area contributed by atoms with Gasteiger partial charge in [-0.2, -0.15) is 0 Å². The van der Waals surface area contributed by atoms with E-state index in [1.165, 1.54) is 25.7 Å². The van der Waals surface area contributed by atoms with Crippen molar-refractivity contribution in [2.75, 3.05) is 19.4 Å². The zero-order valence-corrected chi connectivity index (χ0v) is 22.3. The number of benzene rings is 1. The normalized spacial score (nSPS) is 19.2. The number of anilines is 1. The number of halogens is 1. The zero-order chi connectivity index (χ0) is 25.2. The first-order valence-electron chi connectivity index (χ1n) is 12.2. The van der Waals surface area contributed by atoms with Crippen molar-refractivity contribution in [3.63, 3.8) is 0 Å². The summed E-state index contributed by atoms with van der Waals surface area (Å²) in [6.45, 7) is 8.14. The number of hydrogen-bond acceptors (Lipinski definition) is 4. The number of carbonyl (C=O) groups is 1. The first-order valence-corrected chi connectivity index (χ1v) is 12.5. The van der Waals surface area contributed by atoms with Gasteiger partial charge < -0.3 is 20.1 Å². The Balaban J connectivity index is 1.72. The molecular weight excluding hydrogens is 448 g/mol. The van der Waals surface area contributed by atoms with Gasteiger partial charge in [-0.1, -0.05) is 11.6 Å². The molecule has 1 fully saturated rings. The van der Waals surface area contributed by atoms with E-state index in [9.17, 15) is 9.59 Å². The van der Waals surface area contributed by atoms with Crippen molar-refractivity contribution in [1.29, 1.82) is 0 Å². The number of nitrogens with zero attached hydrogens (tertiary/aromatic N) is 2. The Morgan fingerprint density at radius 3 is 2.41 bits per heavy atom. The number of rotatable bonds is 7. The molecule has 0 spiro atoms. The van der Waals surface area contributed by atoms with E-state index in [0.29, 0.717) is 28.1 Å². The molecule has 1 atom stereocenters. The van der Waals surface area contributed by atoms with Crippen LogP contribution in [0.4, 0.5) is 5.69 Å². The second-order valence-corrected chi connectivity index (χ2v) is 10.5. The molecule has 1 heterocycles. The fourth-order valence-corrected chi connectivity index (χ4v) is 5.27. The van der Waals surface area contributed by atoms with Crippen LogP contribution >= 0.6 is 11.6 Å². The van der Waals surface area contributed by atoms with Crippen LogP contribution in [0, 0.1) is 26.7 Å². The van der Waals surface area contributed by atoms with Crippen molar-refractivity contribution >= 4 is 23.2 Å². The van der Waals surface area contributed by atoms with Gasteiger partial charge in [-0.25, -0.2) is 0 Å². The van der Waals surface area contributed by atoms with Gasteiger partial charge in [0.2, 0.25) is 0 Å². The predicted octanol–water partition coefficient (Wildman–Crippen LogP) is 4.81. The lowest BCUT2D eigenvalue weighted by Crippen LogP contribution is -2.36. The topological polar surface area (TPSA) is 66.4 Å². The molecule has 0 bridgehead atoms. The Morgan fingerprint density at radius 2 is 1.79 bits per heavy atom. The van der Waals surface area contributed by atoms with Crippen molar-refractivity contribution in [2.45, 2.75) is 72.0 Å². The van der Waals surface area contributed by atoms with E-state index in [1.807, 2.05) is 32.9 Å². The zero-order valence-electron chi connectivity index (χ0n) is 21.6. The Hall–Kier alpha value is -2.31. The molecule has 1 aliphatic rings. The Bertz CT molecular complexity index is 1100. The largest absolute Gasteiger partial charge is 0.382 e. The second-order valence-electron chi connectivity index (χ2n) is 10.1. The molecule has 1 saturated carbocycles. The first-order chi connectivity index (χ1) is 16.0. The highest BCUT2D eigenvalue weighted by molar-refractivity contribution is 6.31. The average Bonchev–Trinajstić information content (AvgIpc) is 2.79. The number of hydrogen-bond donors (Lipinski definition) is 2. The summed E-state index contributed by atoms with van der Waals surface area (Å²) >= 11 is 6.42. The van der Waals surface area contributed by atoms with Crippen LogP contribution < -0.4 is 16.2 Å². The molecule has 3 rings (SSSR count). The van der Waals surface area contributed by atoms with Crippen molar-refractivity contribution in [3.05, 3.63) is 61.5 Å². The third kappa shape index (κ3) is 5.84. The highest BCUT2D eigenvalue weighted by Gasteiger charge is 2.27. The van der Waals surface area contributed by atoms with Crippen molar-refractivity contribution in [3.8, 4) is 0 Å². The van der Waals surface area contributed by atoms with Gasteiger partial charge in [0.1, 0.15) is 0 Å². The van der Waals surface area contributed by atoms with Gasteiger partial charge in [0, 0.05) is 53.2 Å². The maximum Gasteiger partial charge on any atom is 0.255 e. The van der Waals surface area contributed by atoms with E-state index in [2.05, 4.69) is 36.6 Å². The molecule has 0 saturated heterocycles. The summed E-state index contributed by atoms with van der Waals surface area (Å²) in [5, 5.41) is 7.08. The Kier molecular flexibility index (Phi) is 8.47. The lowest BCUT2D eigenvalue weighted by Gasteiger charge is -2.36. The van der Waals surface area contributed by atoms with Gasteiger partial charge in [0.25, 0.3) is 11.5 Å². The highest BCUT2D eigenvalue weighted by atomic mass is 35.5. The molecular formula is C27H39ClN4O2.